The molecule has 0 aliphatic carbocycles. The number of phenolic OH excluding ortho intramolecular Hbond substituents is 1. The highest BCUT2D eigenvalue weighted by atomic mass is 19.2. The van der Waals surface area contributed by atoms with Crippen molar-refractivity contribution < 1.29 is 18.3 Å². The lowest BCUT2D eigenvalue weighted by molar-refractivity contribution is 0.408. The minimum absolute atomic E-state index is 0.0841. The lowest BCUT2D eigenvalue weighted by atomic mass is 10.0. The Morgan fingerprint density at radius 1 is 0.941 bits per heavy atom. The molecule has 1 N–H and O–H groups in total. The van der Waals surface area contributed by atoms with Gasteiger partial charge < -0.3 is 5.11 Å². The zero-order valence-corrected chi connectivity index (χ0v) is 8.97. The van der Waals surface area contributed by atoms with Gasteiger partial charge in [-0.25, -0.2) is 8.78 Å². The van der Waals surface area contributed by atoms with E-state index >= 15 is 0 Å². The van der Waals surface area contributed by atoms with Crippen LogP contribution in [0.3, 0.4) is 0 Å². The maximum atomic E-state index is 13.5. The fourth-order valence-corrected chi connectivity index (χ4v) is 1.52. The molecule has 0 atom stereocenters. The maximum absolute atomic E-state index is 13.5. The van der Waals surface area contributed by atoms with Gasteiger partial charge in [0.2, 0.25) is 5.82 Å². The number of phenols is 1. The van der Waals surface area contributed by atoms with Gasteiger partial charge in [0, 0.05) is 5.56 Å². The molecule has 88 valence electrons. The van der Waals surface area contributed by atoms with E-state index in [0.717, 1.165) is 12.1 Å². The quantitative estimate of drug-likeness (QED) is 0.801. The van der Waals surface area contributed by atoms with E-state index in [4.69, 9.17) is 5.11 Å². The average Bonchev–Trinajstić information content (AvgIpc) is 2.30. The summed E-state index contributed by atoms with van der Waals surface area (Å²) in [5.41, 5.74) is 0.567. The molecule has 0 saturated carbocycles. The Morgan fingerprint density at radius 2 is 1.65 bits per heavy atom. The molecule has 2 rings (SSSR count). The first-order valence-electron chi connectivity index (χ1n) is 4.94. The molecule has 0 bridgehead atoms. The predicted molar refractivity (Wildman–Crippen MR) is 58.2 cm³/mol. The minimum Gasteiger partial charge on any atom is -0.505 e. The fourth-order valence-electron chi connectivity index (χ4n) is 1.52. The highest BCUT2D eigenvalue weighted by Crippen LogP contribution is 2.29. The van der Waals surface area contributed by atoms with Gasteiger partial charge in [-0.15, -0.1) is 0 Å². The summed E-state index contributed by atoms with van der Waals surface area (Å²) >= 11 is 0. The van der Waals surface area contributed by atoms with Crippen molar-refractivity contribution in [3.05, 3.63) is 53.3 Å². The normalized spacial score (nSPS) is 10.6. The Balaban J connectivity index is 2.61. The second-order valence-corrected chi connectivity index (χ2v) is 3.72. The second-order valence-electron chi connectivity index (χ2n) is 3.72. The molecule has 0 fully saturated rings. The summed E-state index contributed by atoms with van der Waals surface area (Å²) in [6, 6.07) is 6.34. The van der Waals surface area contributed by atoms with Gasteiger partial charge in [-0.2, -0.15) is 4.39 Å². The van der Waals surface area contributed by atoms with E-state index in [2.05, 4.69) is 0 Å². The van der Waals surface area contributed by atoms with Gasteiger partial charge in [0.15, 0.2) is 11.6 Å². The van der Waals surface area contributed by atoms with Gasteiger partial charge in [-0.1, -0.05) is 12.1 Å². The molecule has 1 nitrogen and oxygen atoms in total. The van der Waals surface area contributed by atoms with Gasteiger partial charge in [0.25, 0.3) is 0 Å². The standard InChI is InChI=1S/C13H9F3O/c1-7-2-3-8(6-10(7)14)9-4-5-11(17)13(16)12(9)15/h2-6,17H,1H3. The summed E-state index contributed by atoms with van der Waals surface area (Å²) < 4.78 is 40.0. The molecule has 0 aliphatic heterocycles. The molecule has 0 unspecified atom stereocenters. The Labute approximate surface area is 96.1 Å². The van der Waals surface area contributed by atoms with Crippen LogP contribution in [0.5, 0.6) is 5.75 Å². The van der Waals surface area contributed by atoms with Crippen molar-refractivity contribution in [3.8, 4) is 16.9 Å². The molecule has 0 aliphatic rings. The maximum Gasteiger partial charge on any atom is 0.200 e. The van der Waals surface area contributed by atoms with E-state index < -0.39 is 23.2 Å². The third-order valence-electron chi connectivity index (χ3n) is 2.54. The molecule has 0 heterocycles. The Morgan fingerprint density at radius 3 is 2.29 bits per heavy atom. The summed E-state index contributed by atoms with van der Waals surface area (Å²) in [5, 5.41) is 8.98. The van der Waals surface area contributed by atoms with Crippen LogP contribution in [0.25, 0.3) is 11.1 Å². The zero-order valence-electron chi connectivity index (χ0n) is 8.97. The number of aromatic hydroxyl groups is 1. The van der Waals surface area contributed by atoms with Crippen molar-refractivity contribution in [1.82, 2.24) is 0 Å². The topological polar surface area (TPSA) is 20.2 Å². The van der Waals surface area contributed by atoms with Crippen LogP contribution in [0.2, 0.25) is 0 Å². The Bertz CT molecular complexity index is 579. The summed E-state index contributed by atoms with van der Waals surface area (Å²) in [6.07, 6.45) is 0. The van der Waals surface area contributed by atoms with Crippen LogP contribution >= 0.6 is 0 Å². The zero-order chi connectivity index (χ0) is 12.6. The summed E-state index contributed by atoms with van der Waals surface area (Å²) in [4.78, 5) is 0. The number of rotatable bonds is 1. The minimum atomic E-state index is -1.33. The number of benzene rings is 2. The van der Waals surface area contributed by atoms with E-state index in [9.17, 15) is 13.2 Å². The first-order chi connectivity index (χ1) is 8.00. The van der Waals surface area contributed by atoms with Crippen LogP contribution in [0, 0.1) is 24.4 Å². The van der Waals surface area contributed by atoms with Crippen molar-refractivity contribution in [2.24, 2.45) is 0 Å². The number of halogens is 3. The van der Waals surface area contributed by atoms with Crippen molar-refractivity contribution >= 4 is 0 Å². The van der Waals surface area contributed by atoms with Crippen LogP contribution < -0.4 is 0 Å². The van der Waals surface area contributed by atoms with Crippen LogP contribution in [0.1, 0.15) is 5.56 Å². The van der Waals surface area contributed by atoms with E-state index in [1.165, 1.54) is 18.2 Å². The number of aryl methyl sites for hydroxylation is 1. The Hall–Kier alpha value is -1.97. The Kier molecular flexibility index (Phi) is 2.79. The largest absolute Gasteiger partial charge is 0.505 e. The smallest absolute Gasteiger partial charge is 0.200 e. The van der Waals surface area contributed by atoms with Gasteiger partial charge in [-0.05, 0) is 36.2 Å². The molecular weight excluding hydrogens is 229 g/mol. The summed E-state index contributed by atoms with van der Waals surface area (Å²) in [7, 11) is 0. The molecular formula is C13H9F3O. The van der Waals surface area contributed by atoms with E-state index in [1.54, 1.807) is 6.92 Å². The van der Waals surface area contributed by atoms with Crippen molar-refractivity contribution in [2.45, 2.75) is 6.92 Å². The number of hydrogen-bond donors (Lipinski definition) is 1. The third-order valence-corrected chi connectivity index (χ3v) is 2.54. The molecule has 0 aromatic heterocycles. The molecule has 2 aromatic carbocycles. The molecule has 0 saturated heterocycles. The average molecular weight is 238 g/mol. The highest BCUT2D eigenvalue weighted by Gasteiger charge is 2.14. The first-order valence-corrected chi connectivity index (χ1v) is 4.94. The molecule has 2 aromatic rings. The number of hydrogen-bond acceptors (Lipinski definition) is 1. The van der Waals surface area contributed by atoms with Crippen LogP contribution in [0.4, 0.5) is 13.2 Å². The predicted octanol–water partition coefficient (Wildman–Crippen LogP) is 3.78. The highest BCUT2D eigenvalue weighted by molar-refractivity contribution is 5.65. The van der Waals surface area contributed by atoms with Crippen LogP contribution in [-0.2, 0) is 0 Å². The van der Waals surface area contributed by atoms with Gasteiger partial charge in [0.05, 0.1) is 0 Å². The lowest BCUT2D eigenvalue weighted by Gasteiger charge is -2.06. The second kappa shape index (κ2) is 4.13. The van der Waals surface area contributed by atoms with Crippen molar-refractivity contribution in [1.29, 1.82) is 0 Å². The monoisotopic (exact) mass is 238 g/mol. The fraction of sp³-hybridized carbons (Fsp3) is 0.0769. The van der Waals surface area contributed by atoms with Gasteiger partial charge in [0.1, 0.15) is 5.82 Å². The van der Waals surface area contributed by atoms with E-state index in [0.29, 0.717) is 5.56 Å². The SMILES string of the molecule is Cc1ccc(-c2ccc(O)c(F)c2F)cc1F. The molecule has 0 amide bonds. The molecule has 0 radical (unpaired) electrons. The molecule has 0 spiro atoms. The summed E-state index contributed by atoms with van der Waals surface area (Å²) in [5.74, 6) is -3.77. The van der Waals surface area contributed by atoms with Crippen LogP contribution in [-0.4, -0.2) is 5.11 Å². The first kappa shape index (κ1) is 11.5. The third kappa shape index (κ3) is 1.98. The van der Waals surface area contributed by atoms with Gasteiger partial charge >= 0.3 is 0 Å². The van der Waals surface area contributed by atoms with Crippen molar-refractivity contribution in [2.75, 3.05) is 0 Å². The lowest BCUT2D eigenvalue weighted by Crippen LogP contribution is -1.91. The van der Waals surface area contributed by atoms with Crippen molar-refractivity contribution in [3.63, 3.8) is 0 Å². The van der Waals surface area contributed by atoms with E-state index in [-0.39, 0.29) is 11.1 Å². The molecule has 4 heteroatoms. The molecule has 17 heavy (non-hydrogen) atoms. The van der Waals surface area contributed by atoms with E-state index in [1.807, 2.05) is 0 Å². The summed E-state index contributed by atoms with van der Waals surface area (Å²) in [6.45, 7) is 1.58. The van der Waals surface area contributed by atoms with Crippen LogP contribution in [0.15, 0.2) is 30.3 Å². The van der Waals surface area contributed by atoms with Gasteiger partial charge in [-0.3, -0.25) is 0 Å².